The molecule has 3 nitrogen and oxygen atoms in total. The third-order valence-electron chi connectivity index (χ3n) is 3.79. The van der Waals surface area contributed by atoms with Crippen LogP contribution in [0.5, 0.6) is 0 Å². The van der Waals surface area contributed by atoms with Crippen LogP contribution in [-0.2, 0) is 4.79 Å². The summed E-state index contributed by atoms with van der Waals surface area (Å²) in [4.78, 5) is 12.2. The Morgan fingerprint density at radius 3 is 2.56 bits per heavy atom. The summed E-state index contributed by atoms with van der Waals surface area (Å²) in [5.41, 5.74) is 2.40. The van der Waals surface area contributed by atoms with Gasteiger partial charge in [-0.3, -0.25) is 4.79 Å². The van der Waals surface area contributed by atoms with Crippen molar-refractivity contribution in [1.29, 1.82) is 0 Å². The van der Waals surface area contributed by atoms with E-state index in [1.807, 2.05) is 6.92 Å². The molecule has 1 aliphatic rings. The van der Waals surface area contributed by atoms with Crippen LogP contribution < -0.4 is 10.6 Å². The van der Waals surface area contributed by atoms with Crippen molar-refractivity contribution < 1.29 is 4.79 Å². The second-order valence-electron chi connectivity index (χ2n) is 5.38. The van der Waals surface area contributed by atoms with Gasteiger partial charge in [-0.15, -0.1) is 0 Å². The predicted octanol–water partition coefficient (Wildman–Crippen LogP) is 2.03. The molecule has 18 heavy (non-hydrogen) atoms. The number of aryl methyl sites for hydroxylation is 1. The van der Waals surface area contributed by atoms with Crippen molar-refractivity contribution in [2.24, 2.45) is 11.8 Å². The van der Waals surface area contributed by atoms with Gasteiger partial charge in [0.2, 0.25) is 5.91 Å². The summed E-state index contributed by atoms with van der Waals surface area (Å²) in [6.07, 6.45) is 0. The van der Waals surface area contributed by atoms with Gasteiger partial charge in [-0.2, -0.15) is 0 Å². The van der Waals surface area contributed by atoms with Gasteiger partial charge in [0.1, 0.15) is 0 Å². The quantitative estimate of drug-likeness (QED) is 0.857. The number of hydrogen-bond acceptors (Lipinski definition) is 2. The van der Waals surface area contributed by atoms with E-state index in [9.17, 15) is 4.79 Å². The van der Waals surface area contributed by atoms with Gasteiger partial charge in [0.05, 0.1) is 12.0 Å². The molecule has 0 aromatic heterocycles. The summed E-state index contributed by atoms with van der Waals surface area (Å²) in [6, 6.07) is 8.40. The summed E-state index contributed by atoms with van der Waals surface area (Å²) in [7, 11) is 0. The normalized spacial score (nSPS) is 24.8. The Bertz CT molecular complexity index is 413. The number of amides is 1. The SMILES string of the molecule is Cc1ccc([C@H](C)NC(=O)C2CNCC2C)cc1. The van der Waals surface area contributed by atoms with Gasteiger partial charge in [0.25, 0.3) is 0 Å². The summed E-state index contributed by atoms with van der Waals surface area (Å²) in [5.74, 6) is 0.702. The minimum absolute atomic E-state index is 0.0749. The van der Waals surface area contributed by atoms with Gasteiger partial charge in [0, 0.05) is 6.54 Å². The van der Waals surface area contributed by atoms with Crippen molar-refractivity contribution >= 4 is 5.91 Å². The molecule has 3 atom stereocenters. The van der Waals surface area contributed by atoms with Crippen LogP contribution in [0.4, 0.5) is 0 Å². The Kier molecular flexibility index (Phi) is 4.02. The first kappa shape index (κ1) is 13.1. The van der Waals surface area contributed by atoms with Crippen molar-refractivity contribution in [3.8, 4) is 0 Å². The van der Waals surface area contributed by atoms with Crippen LogP contribution in [0.15, 0.2) is 24.3 Å². The molecule has 1 amide bonds. The van der Waals surface area contributed by atoms with Crippen LogP contribution >= 0.6 is 0 Å². The molecule has 1 aromatic carbocycles. The predicted molar refractivity (Wildman–Crippen MR) is 73.3 cm³/mol. The first-order valence-corrected chi connectivity index (χ1v) is 6.65. The van der Waals surface area contributed by atoms with E-state index in [0.717, 1.165) is 18.7 Å². The zero-order valence-electron chi connectivity index (χ0n) is 11.4. The number of benzene rings is 1. The van der Waals surface area contributed by atoms with Crippen LogP contribution in [0.1, 0.15) is 31.0 Å². The zero-order chi connectivity index (χ0) is 13.1. The van der Waals surface area contributed by atoms with Crippen LogP contribution in [0.25, 0.3) is 0 Å². The first-order valence-electron chi connectivity index (χ1n) is 6.65. The molecule has 0 aliphatic carbocycles. The lowest BCUT2D eigenvalue weighted by atomic mass is 9.96. The first-order chi connectivity index (χ1) is 8.58. The molecule has 0 saturated carbocycles. The fourth-order valence-electron chi connectivity index (χ4n) is 2.42. The summed E-state index contributed by atoms with van der Waals surface area (Å²) >= 11 is 0. The Morgan fingerprint density at radius 2 is 2.00 bits per heavy atom. The molecule has 1 heterocycles. The smallest absolute Gasteiger partial charge is 0.225 e. The van der Waals surface area contributed by atoms with Gasteiger partial charge in [-0.25, -0.2) is 0 Å². The van der Waals surface area contributed by atoms with Crippen molar-refractivity contribution in [3.63, 3.8) is 0 Å². The average molecular weight is 246 g/mol. The number of hydrogen-bond donors (Lipinski definition) is 2. The fraction of sp³-hybridized carbons (Fsp3) is 0.533. The molecule has 2 rings (SSSR count). The van der Waals surface area contributed by atoms with E-state index >= 15 is 0 Å². The van der Waals surface area contributed by atoms with Crippen molar-refractivity contribution in [1.82, 2.24) is 10.6 Å². The van der Waals surface area contributed by atoms with Crippen LogP contribution in [0.3, 0.4) is 0 Å². The molecule has 1 fully saturated rings. The largest absolute Gasteiger partial charge is 0.349 e. The Balaban J connectivity index is 1.96. The van der Waals surface area contributed by atoms with Crippen molar-refractivity contribution in [2.45, 2.75) is 26.8 Å². The van der Waals surface area contributed by atoms with E-state index in [2.05, 4.69) is 48.7 Å². The number of carbonyl (C=O) groups excluding carboxylic acids is 1. The summed E-state index contributed by atoms with van der Waals surface area (Å²) in [5, 5.41) is 6.37. The highest BCUT2D eigenvalue weighted by atomic mass is 16.2. The maximum atomic E-state index is 12.2. The van der Waals surface area contributed by atoms with Crippen LogP contribution in [-0.4, -0.2) is 19.0 Å². The Labute approximate surface area is 109 Å². The molecule has 2 N–H and O–H groups in total. The minimum Gasteiger partial charge on any atom is -0.349 e. The van der Waals surface area contributed by atoms with Crippen LogP contribution in [0.2, 0.25) is 0 Å². The Hall–Kier alpha value is -1.35. The lowest BCUT2D eigenvalue weighted by Crippen LogP contribution is -2.35. The molecule has 1 aliphatic heterocycles. The summed E-state index contributed by atoms with van der Waals surface area (Å²) in [6.45, 7) is 7.97. The molecule has 3 heteroatoms. The van der Waals surface area contributed by atoms with Crippen LogP contribution in [0, 0.1) is 18.8 Å². The fourth-order valence-corrected chi connectivity index (χ4v) is 2.42. The molecule has 2 unspecified atom stereocenters. The number of carbonyl (C=O) groups is 1. The highest BCUT2D eigenvalue weighted by Crippen LogP contribution is 2.19. The molecule has 0 bridgehead atoms. The molecular weight excluding hydrogens is 224 g/mol. The second-order valence-corrected chi connectivity index (χ2v) is 5.38. The van der Waals surface area contributed by atoms with E-state index in [4.69, 9.17) is 0 Å². The highest BCUT2D eigenvalue weighted by Gasteiger charge is 2.30. The van der Waals surface area contributed by atoms with Gasteiger partial charge >= 0.3 is 0 Å². The summed E-state index contributed by atoms with van der Waals surface area (Å²) < 4.78 is 0. The highest BCUT2D eigenvalue weighted by molar-refractivity contribution is 5.80. The van der Waals surface area contributed by atoms with E-state index in [-0.39, 0.29) is 17.9 Å². The second kappa shape index (κ2) is 5.53. The molecule has 0 radical (unpaired) electrons. The lowest BCUT2D eigenvalue weighted by Gasteiger charge is -2.19. The van der Waals surface area contributed by atoms with Crippen molar-refractivity contribution in [2.75, 3.05) is 13.1 Å². The molecule has 98 valence electrons. The van der Waals surface area contributed by atoms with E-state index in [1.165, 1.54) is 5.56 Å². The van der Waals surface area contributed by atoms with E-state index in [0.29, 0.717) is 5.92 Å². The average Bonchev–Trinajstić information content (AvgIpc) is 2.76. The van der Waals surface area contributed by atoms with E-state index in [1.54, 1.807) is 0 Å². The standard InChI is InChI=1S/C15H22N2O/c1-10-4-6-13(7-5-10)12(3)17-15(18)14-9-16-8-11(14)2/h4-7,11-12,14,16H,8-9H2,1-3H3,(H,17,18)/t11?,12-,14?/m0/s1. The Morgan fingerprint density at radius 1 is 1.33 bits per heavy atom. The van der Waals surface area contributed by atoms with Gasteiger partial charge < -0.3 is 10.6 Å². The zero-order valence-corrected chi connectivity index (χ0v) is 11.4. The maximum Gasteiger partial charge on any atom is 0.225 e. The number of rotatable bonds is 3. The molecule has 1 saturated heterocycles. The lowest BCUT2D eigenvalue weighted by molar-refractivity contribution is -0.126. The van der Waals surface area contributed by atoms with Gasteiger partial charge in [-0.1, -0.05) is 36.8 Å². The van der Waals surface area contributed by atoms with E-state index < -0.39 is 0 Å². The van der Waals surface area contributed by atoms with Gasteiger partial charge in [-0.05, 0) is 31.9 Å². The topological polar surface area (TPSA) is 41.1 Å². The molecule has 1 aromatic rings. The molecular formula is C15H22N2O. The third kappa shape index (κ3) is 2.91. The van der Waals surface area contributed by atoms with Crippen molar-refractivity contribution in [3.05, 3.63) is 35.4 Å². The minimum atomic E-state index is 0.0749. The maximum absolute atomic E-state index is 12.2. The number of nitrogens with one attached hydrogen (secondary N) is 2. The monoisotopic (exact) mass is 246 g/mol. The third-order valence-corrected chi connectivity index (χ3v) is 3.79. The van der Waals surface area contributed by atoms with Gasteiger partial charge in [0.15, 0.2) is 0 Å². The molecule has 0 spiro atoms.